The van der Waals surface area contributed by atoms with Crippen LogP contribution in [0.25, 0.3) is 102 Å². The highest BCUT2D eigenvalue weighted by Gasteiger charge is 2.32. The minimum atomic E-state index is -0.477. The first kappa shape index (κ1) is 81.7. The van der Waals surface area contributed by atoms with Gasteiger partial charge in [0, 0.05) is 98.6 Å². The number of nitriles is 4. The van der Waals surface area contributed by atoms with E-state index in [-0.39, 0.29) is 61.4 Å². The molecule has 12 nitrogen and oxygen atoms in total. The molecule has 2 N–H and O–H groups in total. The van der Waals surface area contributed by atoms with Crippen molar-refractivity contribution in [1.82, 2.24) is 19.9 Å². The normalized spacial score (nSPS) is 12.2. The first-order chi connectivity index (χ1) is 54.3. The second-order valence-electron chi connectivity index (χ2n) is 36.3. The number of anilines is 2. The highest BCUT2D eigenvalue weighted by atomic mass is 16.5. The van der Waals surface area contributed by atoms with Crippen molar-refractivity contribution in [2.45, 2.75) is 164 Å². The maximum atomic E-state index is 13.6. The molecule has 5 heterocycles. The van der Waals surface area contributed by atoms with E-state index < -0.39 is 5.97 Å². The largest absolute Gasteiger partial charge is 0.460 e. The van der Waals surface area contributed by atoms with Crippen LogP contribution in [0, 0.1) is 57.2 Å². The van der Waals surface area contributed by atoms with E-state index in [2.05, 4.69) is 274 Å². The molecule has 578 valence electrons. The monoisotopic (exact) mass is 1510 g/mol. The van der Waals surface area contributed by atoms with Gasteiger partial charge in [-0.15, -0.1) is 0 Å². The second-order valence-corrected chi connectivity index (χ2v) is 36.3. The maximum Gasteiger partial charge on any atom is 0.338 e. The first-order valence-electron chi connectivity index (χ1n) is 39.6. The molecule has 10 aromatic rings. The quantitative estimate of drug-likeness (QED) is 0.0459. The highest BCUT2D eigenvalue weighted by Crippen LogP contribution is 2.47. The molecule has 0 aliphatic carbocycles. The molecule has 0 saturated heterocycles. The van der Waals surface area contributed by atoms with Gasteiger partial charge in [0.15, 0.2) is 0 Å². The Hall–Kier alpha value is -12.8. The minimum absolute atomic E-state index is 0.0812. The number of H-pyrrole nitrogens is 2. The van der Waals surface area contributed by atoms with E-state index in [1.807, 2.05) is 91.5 Å². The van der Waals surface area contributed by atoms with Gasteiger partial charge in [-0.1, -0.05) is 227 Å². The van der Waals surface area contributed by atoms with Crippen LogP contribution in [0.15, 0.2) is 187 Å². The number of allylic oxidation sites excluding steroid dienone is 4. The molecule has 0 spiro atoms. The lowest BCUT2D eigenvalue weighted by atomic mass is 9.77. The summed E-state index contributed by atoms with van der Waals surface area (Å²) >= 11 is 0. The fourth-order valence-electron chi connectivity index (χ4n) is 15.1. The highest BCUT2D eigenvalue weighted by molar-refractivity contribution is 6.11. The van der Waals surface area contributed by atoms with Crippen LogP contribution in [-0.4, -0.2) is 59.7 Å². The number of ether oxygens (including phenoxy) is 1. The molecule has 7 aromatic carbocycles. The summed E-state index contributed by atoms with van der Waals surface area (Å²) in [5.74, 6) is 6.26. The van der Waals surface area contributed by atoms with Gasteiger partial charge in [0.2, 0.25) is 0 Å². The Morgan fingerprint density at radius 3 is 1.03 bits per heavy atom. The van der Waals surface area contributed by atoms with Gasteiger partial charge in [-0.3, -0.25) is 0 Å². The molecule has 0 amide bonds. The van der Waals surface area contributed by atoms with Crippen molar-refractivity contribution in [3.05, 3.63) is 271 Å². The third-order valence-electron chi connectivity index (χ3n) is 21.7. The third kappa shape index (κ3) is 17.4. The molecule has 0 unspecified atom stereocenters. The minimum Gasteiger partial charge on any atom is -0.460 e. The standard InChI is InChI=1S/C103H104N10O2/c1-22-113(76-42-35-67(36-43-76)92(71(62-106)63-107)91(70(60-104)61-105)66-33-40-75(41-34-66)112(20)21)55-56-115-97(114)69-31-27-65(28-32-69)24-23-64-25-29-68(30-26-64)93-83-47-49-85(108-83)94(77-44-37-72(98(2,3)4)57-80(77)101(11,12)13)87-51-53-89(110-87)96(79-46-39-74(100(8,9)10)59-82(79)103(17,18)19)90-54-52-88(111-90)95(86-50-48-84(93)109-86)78-45-38-73(99(5,6)7)58-81(78)102(14,15)16/h25-54,57-59,108,111H,22,55-56H2,1-21H3. The van der Waals surface area contributed by atoms with Crippen molar-refractivity contribution in [2.24, 2.45) is 0 Å². The van der Waals surface area contributed by atoms with Crippen molar-refractivity contribution < 1.29 is 9.53 Å². The van der Waals surface area contributed by atoms with E-state index in [0.717, 1.165) is 112 Å². The molecule has 12 heteroatoms. The Morgan fingerprint density at radius 1 is 0.391 bits per heavy atom. The molecular weight excluding hydrogens is 1410 g/mol. The molecule has 0 saturated carbocycles. The van der Waals surface area contributed by atoms with Gasteiger partial charge >= 0.3 is 5.97 Å². The molecule has 0 atom stereocenters. The topological polar surface area (TPSA) is 185 Å². The van der Waals surface area contributed by atoms with Gasteiger partial charge in [0.05, 0.1) is 34.9 Å². The number of nitrogens with one attached hydrogen (secondary N) is 2. The van der Waals surface area contributed by atoms with Gasteiger partial charge < -0.3 is 24.5 Å². The van der Waals surface area contributed by atoms with Gasteiger partial charge in [-0.2, -0.15) is 21.0 Å². The van der Waals surface area contributed by atoms with Crippen LogP contribution in [0.4, 0.5) is 11.4 Å². The summed E-state index contributed by atoms with van der Waals surface area (Å²) < 4.78 is 5.85. The Kier molecular flexibility index (Phi) is 22.7. The zero-order valence-electron chi connectivity index (χ0n) is 70.6. The number of fused-ring (bicyclic) bond motifs is 8. The molecule has 115 heavy (non-hydrogen) atoms. The van der Waals surface area contributed by atoms with Crippen molar-refractivity contribution in [2.75, 3.05) is 43.6 Å². The number of likely N-dealkylation sites (N-methyl/N-ethyl adjacent to an activating group) is 1. The first-order valence-corrected chi connectivity index (χ1v) is 39.6. The Labute approximate surface area is 680 Å². The molecule has 2 aliphatic heterocycles. The lowest BCUT2D eigenvalue weighted by Crippen LogP contribution is -2.28. The van der Waals surface area contributed by atoms with E-state index in [0.29, 0.717) is 29.8 Å². The lowest BCUT2D eigenvalue weighted by molar-refractivity contribution is 0.0515. The van der Waals surface area contributed by atoms with Crippen LogP contribution in [0.5, 0.6) is 0 Å². The average Bonchev–Trinajstić information content (AvgIpc) is 1.59. The number of esters is 1. The van der Waals surface area contributed by atoms with Gasteiger partial charge in [-0.05, 0) is 215 Å². The van der Waals surface area contributed by atoms with Crippen molar-refractivity contribution in [1.29, 1.82) is 21.0 Å². The van der Waals surface area contributed by atoms with Crippen LogP contribution in [0.2, 0.25) is 0 Å². The van der Waals surface area contributed by atoms with Crippen LogP contribution >= 0.6 is 0 Å². The number of hydrogen-bond acceptors (Lipinski definition) is 10. The molecule has 0 fully saturated rings. The van der Waals surface area contributed by atoms with Gasteiger partial charge in [0.25, 0.3) is 0 Å². The van der Waals surface area contributed by atoms with E-state index >= 15 is 0 Å². The summed E-state index contributed by atoms with van der Waals surface area (Å²) in [5, 5.41) is 40.7. The summed E-state index contributed by atoms with van der Waals surface area (Å²) in [5.41, 5.74) is 26.2. The molecule has 0 radical (unpaired) electrons. The van der Waals surface area contributed by atoms with Crippen LogP contribution < -0.4 is 9.80 Å². The average molecular weight is 1510 g/mol. The van der Waals surface area contributed by atoms with Crippen LogP contribution in [0.3, 0.4) is 0 Å². The number of nitrogens with zero attached hydrogens (tertiary/aromatic N) is 8. The number of benzene rings is 7. The lowest BCUT2D eigenvalue weighted by Gasteiger charge is -2.28. The number of carbonyl (C=O) groups excluding carboxylic acids is 1. The summed E-state index contributed by atoms with van der Waals surface area (Å²) in [7, 11) is 3.80. The number of aromatic nitrogens is 4. The summed E-state index contributed by atoms with van der Waals surface area (Å²) in [4.78, 5) is 37.4. The van der Waals surface area contributed by atoms with E-state index in [9.17, 15) is 25.8 Å². The predicted octanol–water partition coefficient (Wildman–Crippen LogP) is 24.6. The number of rotatable bonds is 14. The molecule has 8 bridgehead atoms. The molecule has 2 aliphatic rings. The molecular formula is C103H104N10O2. The zero-order valence-corrected chi connectivity index (χ0v) is 70.6. The SMILES string of the molecule is CCN(CCOC(=O)c1ccc(C#Cc2ccc(-c3c4nc(c(-c5ccc(C(C)(C)C)cc5C(C)(C)C)c5ccc([nH]5)c(-c5ccc(C(C)(C)C)cc5C(C)(C)C)c5nc(c(-c6ccc(C(C)(C)C)cc6C(C)(C)C)c6ccc3[nH]6)C=C5)C=C4)cc2)cc1)c1ccc(C(=C(C#N)C#N)C(=C(C#N)C#N)c2ccc(N(C)C)cc2)cc1. The van der Waals surface area contributed by atoms with Gasteiger partial charge in [0.1, 0.15) is 42.0 Å². The summed E-state index contributed by atoms with van der Waals surface area (Å²) in [6, 6.07) is 67.8. The summed E-state index contributed by atoms with van der Waals surface area (Å²) in [6.45, 7) is 44.3. The summed E-state index contributed by atoms with van der Waals surface area (Å²) in [6.07, 6.45) is 8.78. The Morgan fingerprint density at radius 2 is 0.713 bits per heavy atom. The van der Waals surface area contributed by atoms with Gasteiger partial charge in [-0.25, -0.2) is 14.8 Å². The van der Waals surface area contributed by atoms with Crippen LogP contribution in [0.1, 0.15) is 220 Å². The number of hydrogen-bond donors (Lipinski definition) is 2. The van der Waals surface area contributed by atoms with Crippen LogP contribution in [-0.2, 0) is 37.2 Å². The maximum absolute atomic E-state index is 13.6. The fraction of sp³-hybridized carbons (Fsp3) is 0.291. The van der Waals surface area contributed by atoms with E-state index in [4.69, 9.17) is 14.7 Å². The second kappa shape index (κ2) is 32.0. The number of aromatic amines is 2. The Bertz CT molecular complexity index is 5940. The number of carbonyl (C=O) groups is 1. The van der Waals surface area contributed by atoms with E-state index in [1.54, 1.807) is 36.4 Å². The van der Waals surface area contributed by atoms with Crippen molar-refractivity contribution in [3.8, 4) is 80.6 Å². The molecule has 12 rings (SSSR count). The third-order valence-corrected chi connectivity index (χ3v) is 21.7. The predicted molar refractivity (Wildman–Crippen MR) is 477 cm³/mol. The smallest absolute Gasteiger partial charge is 0.338 e. The van der Waals surface area contributed by atoms with Crippen molar-refractivity contribution >= 4 is 74.9 Å². The fourth-order valence-corrected chi connectivity index (χ4v) is 15.1. The van der Waals surface area contributed by atoms with Crippen molar-refractivity contribution in [3.63, 3.8) is 0 Å². The molecule has 3 aromatic heterocycles. The van der Waals surface area contributed by atoms with E-state index in [1.165, 1.54) is 33.4 Å². The Balaban J connectivity index is 0.925. The zero-order chi connectivity index (χ0) is 83.0.